The van der Waals surface area contributed by atoms with Crippen LogP contribution in [0, 0.1) is 18.6 Å². The molecule has 3 rings (SSSR count). The van der Waals surface area contributed by atoms with Crippen LogP contribution in [0.1, 0.15) is 31.0 Å². The first-order valence-corrected chi connectivity index (χ1v) is 9.98. The van der Waals surface area contributed by atoms with Gasteiger partial charge in [0.25, 0.3) is 0 Å². The predicted molar refractivity (Wildman–Crippen MR) is 110 cm³/mol. The molecule has 2 aromatic carbocycles. The van der Waals surface area contributed by atoms with Crippen LogP contribution in [0.5, 0.6) is 5.75 Å². The van der Waals surface area contributed by atoms with E-state index in [2.05, 4.69) is 5.32 Å². The molecule has 1 aliphatic heterocycles. The van der Waals surface area contributed by atoms with Crippen LogP contribution in [0.25, 0.3) is 0 Å². The van der Waals surface area contributed by atoms with Crippen molar-refractivity contribution in [1.82, 2.24) is 10.2 Å². The number of carbonyl (C=O) groups is 2. The predicted octanol–water partition coefficient (Wildman–Crippen LogP) is 4.26. The molecule has 2 aromatic rings. The number of nitrogens with one attached hydrogen (secondary N) is 1. The standard InChI is InChI=1S/C23H24F2N2O4/c1-4-27-18(13-31-19-10-9-16(24)12-17(19)25)20(22(28)30-5-2)21(26-23(27)29)15-8-6-7-14(3)11-15/h6-12,21H,4-5,13H2,1-3H3,(H,26,29). The second-order valence-corrected chi connectivity index (χ2v) is 6.99. The van der Waals surface area contributed by atoms with Gasteiger partial charge in [0, 0.05) is 12.6 Å². The fourth-order valence-corrected chi connectivity index (χ4v) is 3.48. The molecule has 0 saturated heterocycles. The molecule has 0 bridgehead atoms. The molecule has 0 saturated carbocycles. The van der Waals surface area contributed by atoms with Crippen molar-refractivity contribution < 1.29 is 27.8 Å². The lowest BCUT2D eigenvalue weighted by atomic mass is 9.93. The number of carbonyl (C=O) groups excluding carboxylic acids is 2. The first-order chi connectivity index (χ1) is 14.8. The van der Waals surface area contributed by atoms with E-state index < -0.39 is 29.7 Å². The van der Waals surface area contributed by atoms with E-state index in [0.717, 1.165) is 17.7 Å². The minimum atomic E-state index is -0.878. The Balaban J connectivity index is 2.08. The van der Waals surface area contributed by atoms with Crippen LogP contribution in [0.3, 0.4) is 0 Å². The van der Waals surface area contributed by atoms with Crippen molar-refractivity contribution >= 4 is 12.0 Å². The summed E-state index contributed by atoms with van der Waals surface area (Å²) in [5, 5.41) is 2.85. The van der Waals surface area contributed by atoms with E-state index in [-0.39, 0.29) is 36.8 Å². The van der Waals surface area contributed by atoms with Crippen LogP contribution in [-0.2, 0) is 9.53 Å². The summed E-state index contributed by atoms with van der Waals surface area (Å²) in [6, 6.07) is 9.16. The number of hydrogen-bond acceptors (Lipinski definition) is 4. The van der Waals surface area contributed by atoms with Crippen LogP contribution in [-0.4, -0.2) is 36.7 Å². The third kappa shape index (κ3) is 4.84. The Bertz CT molecular complexity index is 1020. The molecule has 1 atom stereocenters. The quantitative estimate of drug-likeness (QED) is 0.667. The van der Waals surface area contributed by atoms with E-state index in [0.29, 0.717) is 11.6 Å². The third-order valence-electron chi connectivity index (χ3n) is 4.88. The molecule has 0 spiro atoms. The van der Waals surface area contributed by atoms with Crippen molar-refractivity contribution in [3.05, 3.63) is 76.5 Å². The average Bonchev–Trinajstić information content (AvgIpc) is 2.72. The molecule has 0 aromatic heterocycles. The number of urea groups is 1. The topological polar surface area (TPSA) is 67.9 Å². The van der Waals surface area contributed by atoms with Crippen molar-refractivity contribution in [2.45, 2.75) is 26.8 Å². The molecule has 0 aliphatic carbocycles. The van der Waals surface area contributed by atoms with Crippen molar-refractivity contribution in [2.75, 3.05) is 19.8 Å². The van der Waals surface area contributed by atoms with Gasteiger partial charge in [-0.2, -0.15) is 0 Å². The highest BCUT2D eigenvalue weighted by Crippen LogP contribution is 2.32. The van der Waals surface area contributed by atoms with E-state index in [1.807, 2.05) is 25.1 Å². The Morgan fingerprint density at radius 3 is 2.58 bits per heavy atom. The second-order valence-electron chi connectivity index (χ2n) is 6.99. The monoisotopic (exact) mass is 430 g/mol. The number of likely N-dealkylation sites (N-methyl/N-ethyl adjacent to an activating group) is 1. The van der Waals surface area contributed by atoms with E-state index >= 15 is 0 Å². The molecule has 1 N–H and O–H groups in total. The molecular formula is C23H24F2N2O4. The lowest BCUT2D eigenvalue weighted by Gasteiger charge is -2.36. The van der Waals surface area contributed by atoms with E-state index in [1.54, 1.807) is 19.9 Å². The zero-order valence-electron chi connectivity index (χ0n) is 17.6. The van der Waals surface area contributed by atoms with E-state index in [9.17, 15) is 18.4 Å². The summed E-state index contributed by atoms with van der Waals surface area (Å²) in [5.41, 5.74) is 2.13. The molecule has 8 heteroatoms. The van der Waals surface area contributed by atoms with Gasteiger partial charge < -0.3 is 14.8 Å². The Morgan fingerprint density at radius 2 is 1.94 bits per heavy atom. The van der Waals surface area contributed by atoms with E-state index in [1.165, 1.54) is 4.90 Å². The van der Waals surface area contributed by atoms with Gasteiger partial charge in [0.05, 0.1) is 23.9 Å². The van der Waals surface area contributed by atoms with Crippen LogP contribution < -0.4 is 10.1 Å². The number of ether oxygens (including phenoxy) is 2. The summed E-state index contributed by atoms with van der Waals surface area (Å²) in [7, 11) is 0. The Labute approximate surface area is 179 Å². The van der Waals surface area contributed by atoms with Gasteiger partial charge in [0.15, 0.2) is 11.6 Å². The largest absolute Gasteiger partial charge is 0.484 e. The number of aryl methyl sites for hydroxylation is 1. The smallest absolute Gasteiger partial charge is 0.338 e. The maximum Gasteiger partial charge on any atom is 0.338 e. The number of benzene rings is 2. The van der Waals surface area contributed by atoms with Crippen LogP contribution >= 0.6 is 0 Å². The number of esters is 1. The maximum absolute atomic E-state index is 14.1. The number of nitrogens with zero attached hydrogens (tertiary/aromatic N) is 1. The van der Waals surface area contributed by atoms with Crippen molar-refractivity contribution in [2.24, 2.45) is 0 Å². The van der Waals surface area contributed by atoms with Crippen LogP contribution in [0.15, 0.2) is 53.7 Å². The van der Waals surface area contributed by atoms with Crippen LogP contribution in [0.4, 0.5) is 13.6 Å². The highest BCUT2D eigenvalue weighted by molar-refractivity contribution is 5.95. The van der Waals surface area contributed by atoms with E-state index in [4.69, 9.17) is 9.47 Å². The Kier molecular flexibility index (Phi) is 6.89. The summed E-state index contributed by atoms with van der Waals surface area (Å²) in [6.45, 7) is 5.45. The fraction of sp³-hybridized carbons (Fsp3) is 0.304. The molecule has 1 heterocycles. The van der Waals surface area contributed by atoms with Gasteiger partial charge in [-0.15, -0.1) is 0 Å². The minimum Gasteiger partial charge on any atom is -0.484 e. The molecule has 31 heavy (non-hydrogen) atoms. The van der Waals surface area contributed by atoms with Gasteiger partial charge in [-0.25, -0.2) is 18.4 Å². The van der Waals surface area contributed by atoms with Crippen molar-refractivity contribution in [3.8, 4) is 5.75 Å². The first-order valence-electron chi connectivity index (χ1n) is 9.98. The molecular weight excluding hydrogens is 406 g/mol. The molecule has 164 valence electrons. The van der Waals surface area contributed by atoms with Gasteiger partial charge >= 0.3 is 12.0 Å². The normalized spacial score (nSPS) is 16.2. The van der Waals surface area contributed by atoms with Gasteiger partial charge in [-0.05, 0) is 38.5 Å². The van der Waals surface area contributed by atoms with Gasteiger partial charge in [0.1, 0.15) is 12.4 Å². The average molecular weight is 430 g/mol. The Morgan fingerprint density at radius 1 is 1.16 bits per heavy atom. The summed E-state index contributed by atoms with van der Waals surface area (Å²) < 4.78 is 38.1. The summed E-state index contributed by atoms with van der Waals surface area (Å²) in [5.74, 6) is -2.41. The summed E-state index contributed by atoms with van der Waals surface area (Å²) in [6.07, 6.45) is 0. The summed E-state index contributed by atoms with van der Waals surface area (Å²) in [4.78, 5) is 27.1. The molecule has 0 radical (unpaired) electrons. The zero-order valence-corrected chi connectivity index (χ0v) is 17.6. The lowest BCUT2D eigenvalue weighted by Crippen LogP contribution is -2.49. The summed E-state index contributed by atoms with van der Waals surface area (Å²) >= 11 is 0. The van der Waals surface area contributed by atoms with Crippen LogP contribution in [0.2, 0.25) is 0 Å². The number of rotatable bonds is 7. The van der Waals surface area contributed by atoms with Crippen molar-refractivity contribution in [3.63, 3.8) is 0 Å². The maximum atomic E-state index is 14.1. The first kappa shape index (κ1) is 22.3. The Hall–Kier alpha value is -3.42. The molecule has 0 fully saturated rings. The highest BCUT2D eigenvalue weighted by Gasteiger charge is 2.38. The van der Waals surface area contributed by atoms with Gasteiger partial charge in [-0.1, -0.05) is 29.8 Å². The number of halogens is 2. The molecule has 6 nitrogen and oxygen atoms in total. The SMILES string of the molecule is CCOC(=O)C1=C(COc2ccc(F)cc2F)N(CC)C(=O)NC1c1cccc(C)c1. The van der Waals surface area contributed by atoms with Gasteiger partial charge in [0.2, 0.25) is 0 Å². The van der Waals surface area contributed by atoms with Gasteiger partial charge in [-0.3, -0.25) is 4.90 Å². The third-order valence-corrected chi connectivity index (χ3v) is 4.88. The molecule has 2 amide bonds. The molecule has 1 unspecified atom stereocenters. The number of hydrogen-bond donors (Lipinski definition) is 1. The van der Waals surface area contributed by atoms with Crippen molar-refractivity contribution in [1.29, 1.82) is 0 Å². The second kappa shape index (κ2) is 9.59. The number of amides is 2. The fourth-order valence-electron chi connectivity index (χ4n) is 3.48. The molecule has 1 aliphatic rings. The zero-order chi connectivity index (χ0) is 22.5. The minimum absolute atomic E-state index is 0.143. The highest BCUT2D eigenvalue weighted by atomic mass is 19.1. The lowest BCUT2D eigenvalue weighted by molar-refractivity contribution is -0.139.